The minimum Gasteiger partial charge on any atom is -0.481 e. The third kappa shape index (κ3) is 2.66. The number of hydrogen-bond donors (Lipinski definition) is 2. The number of nitrogens with one attached hydrogen (secondary N) is 1. The standard InChI is InChI=1S/C13H23NO3S/c1-11(2,10(16)17)12(3,4)14-9(15)13(5)7-6-8-18-13/h6-8H2,1-5H3,(H,14,15)(H,16,17). The molecule has 0 bridgehead atoms. The molecule has 0 aromatic carbocycles. The molecule has 1 fully saturated rings. The number of rotatable bonds is 4. The minimum absolute atomic E-state index is 0.0516. The van der Waals surface area contributed by atoms with Gasteiger partial charge < -0.3 is 10.4 Å². The molecule has 0 radical (unpaired) electrons. The molecular weight excluding hydrogens is 250 g/mol. The van der Waals surface area contributed by atoms with Crippen molar-refractivity contribution in [3.05, 3.63) is 0 Å². The third-order valence-corrected chi connectivity index (χ3v) is 5.74. The second-order valence-electron chi connectivity index (χ2n) is 6.19. The normalized spacial score (nSPS) is 24.9. The van der Waals surface area contributed by atoms with E-state index in [-0.39, 0.29) is 5.91 Å². The summed E-state index contributed by atoms with van der Waals surface area (Å²) in [7, 11) is 0. The van der Waals surface area contributed by atoms with Crippen LogP contribution in [-0.4, -0.2) is 33.0 Å². The summed E-state index contributed by atoms with van der Waals surface area (Å²) in [6.07, 6.45) is 1.89. The van der Waals surface area contributed by atoms with Crippen LogP contribution in [0.3, 0.4) is 0 Å². The van der Waals surface area contributed by atoms with Crippen LogP contribution in [0.5, 0.6) is 0 Å². The van der Waals surface area contributed by atoms with Crippen molar-refractivity contribution >= 4 is 23.6 Å². The van der Waals surface area contributed by atoms with Crippen molar-refractivity contribution in [1.29, 1.82) is 0 Å². The molecule has 18 heavy (non-hydrogen) atoms. The van der Waals surface area contributed by atoms with Gasteiger partial charge in [-0.25, -0.2) is 0 Å². The first-order valence-electron chi connectivity index (χ1n) is 6.23. The van der Waals surface area contributed by atoms with Gasteiger partial charge in [-0.15, -0.1) is 11.8 Å². The Kier molecular flexibility index (Phi) is 4.06. The van der Waals surface area contributed by atoms with E-state index in [1.165, 1.54) is 0 Å². The zero-order chi connectivity index (χ0) is 14.2. The molecule has 1 aliphatic heterocycles. The highest BCUT2D eigenvalue weighted by atomic mass is 32.2. The van der Waals surface area contributed by atoms with Crippen molar-refractivity contribution in [2.45, 2.75) is 57.7 Å². The predicted octanol–water partition coefficient (Wildman–Crippen LogP) is 2.28. The first-order valence-corrected chi connectivity index (χ1v) is 7.21. The Morgan fingerprint density at radius 2 is 1.83 bits per heavy atom. The quantitative estimate of drug-likeness (QED) is 0.824. The van der Waals surface area contributed by atoms with Crippen molar-refractivity contribution < 1.29 is 14.7 Å². The Morgan fingerprint density at radius 3 is 2.22 bits per heavy atom. The van der Waals surface area contributed by atoms with Crippen molar-refractivity contribution in [1.82, 2.24) is 5.32 Å². The monoisotopic (exact) mass is 273 g/mol. The van der Waals surface area contributed by atoms with Gasteiger partial charge in [0, 0.05) is 0 Å². The Labute approximate surface area is 113 Å². The molecule has 1 rings (SSSR count). The number of carbonyl (C=O) groups excluding carboxylic acids is 1. The van der Waals surface area contributed by atoms with Crippen LogP contribution in [0.4, 0.5) is 0 Å². The largest absolute Gasteiger partial charge is 0.481 e. The molecule has 0 aliphatic carbocycles. The van der Waals surface area contributed by atoms with Gasteiger partial charge in [-0.2, -0.15) is 0 Å². The molecule has 1 amide bonds. The van der Waals surface area contributed by atoms with Crippen molar-refractivity contribution in [3.8, 4) is 0 Å². The first-order chi connectivity index (χ1) is 8.03. The Bertz CT molecular complexity index is 357. The van der Waals surface area contributed by atoms with Crippen LogP contribution in [0.15, 0.2) is 0 Å². The van der Waals surface area contributed by atoms with Crippen LogP contribution < -0.4 is 5.32 Å². The predicted molar refractivity (Wildman–Crippen MR) is 73.7 cm³/mol. The summed E-state index contributed by atoms with van der Waals surface area (Å²) >= 11 is 1.65. The Balaban J connectivity index is 2.83. The fourth-order valence-electron chi connectivity index (χ4n) is 1.80. The van der Waals surface area contributed by atoms with Crippen LogP contribution in [0.2, 0.25) is 0 Å². The Hall–Kier alpha value is -0.710. The van der Waals surface area contributed by atoms with E-state index < -0.39 is 21.7 Å². The van der Waals surface area contributed by atoms with Gasteiger partial charge in [-0.05, 0) is 53.2 Å². The fraction of sp³-hybridized carbons (Fsp3) is 0.846. The summed E-state index contributed by atoms with van der Waals surface area (Å²) in [6.45, 7) is 8.74. The van der Waals surface area contributed by atoms with Gasteiger partial charge in [-0.3, -0.25) is 9.59 Å². The van der Waals surface area contributed by atoms with E-state index in [0.717, 1.165) is 18.6 Å². The van der Waals surface area contributed by atoms with E-state index in [9.17, 15) is 14.7 Å². The molecule has 1 atom stereocenters. The lowest BCUT2D eigenvalue weighted by Gasteiger charge is -2.40. The maximum atomic E-state index is 12.3. The average Bonchev–Trinajstić information content (AvgIpc) is 2.65. The summed E-state index contributed by atoms with van der Waals surface area (Å²) in [5.41, 5.74) is -1.80. The highest BCUT2D eigenvalue weighted by molar-refractivity contribution is 8.01. The van der Waals surface area contributed by atoms with Crippen molar-refractivity contribution in [3.63, 3.8) is 0 Å². The third-order valence-electron chi connectivity index (χ3n) is 4.22. The number of thioether (sulfide) groups is 1. The molecule has 1 unspecified atom stereocenters. The van der Waals surface area contributed by atoms with Crippen molar-refractivity contribution in [2.75, 3.05) is 5.75 Å². The number of carboxylic acid groups (broad SMARTS) is 1. The van der Waals surface area contributed by atoms with Crippen LogP contribution in [-0.2, 0) is 9.59 Å². The number of carboxylic acids is 1. The molecule has 0 saturated carbocycles. The minimum atomic E-state index is -1.01. The molecule has 2 N–H and O–H groups in total. The van der Waals surface area contributed by atoms with E-state index in [1.807, 2.05) is 6.92 Å². The summed E-state index contributed by atoms with van der Waals surface area (Å²) < 4.78 is -0.411. The van der Waals surface area contributed by atoms with Crippen molar-refractivity contribution in [2.24, 2.45) is 5.41 Å². The smallest absolute Gasteiger partial charge is 0.311 e. The van der Waals surface area contributed by atoms with E-state index in [2.05, 4.69) is 5.32 Å². The molecule has 0 aromatic rings. The molecule has 0 aromatic heterocycles. The highest BCUT2D eigenvalue weighted by Crippen LogP contribution is 2.39. The number of aliphatic carboxylic acids is 1. The van der Waals surface area contributed by atoms with E-state index in [0.29, 0.717) is 0 Å². The lowest BCUT2D eigenvalue weighted by atomic mass is 9.74. The highest BCUT2D eigenvalue weighted by Gasteiger charge is 2.47. The molecule has 4 nitrogen and oxygen atoms in total. The van der Waals surface area contributed by atoms with Gasteiger partial charge in [0.05, 0.1) is 15.7 Å². The summed E-state index contributed by atoms with van der Waals surface area (Å²) in [5, 5.41) is 12.2. The lowest BCUT2D eigenvalue weighted by Crippen LogP contribution is -2.60. The summed E-state index contributed by atoms with van der Waals surface area (Å²) in [4.78, 5) is 23.6. The Morgan fingerprint density at radius 1 is 1.28 bits per heavy atom. The van der Waals surface area contributed by atoms with E-state index >= 15 is 0 Å². The number of amides is 1. The molecule has 1 heterocycles. The van der Waals surface area contributed by atoms with E-state index in [1.54, 1.807) is 39.5 Å². The topological polar surface area (TPSA) is 66.4 Å². The molecule has 104 valence electrons. The fourth-order valence-corrected chi connectivity index (χ4v) is 3.01. The summed E-state index contributed by atoms with van der Waals surface area (Å²) in [6, 6.07) is 0. The molecule has 0 spiro atoms. The van der Waals surface area contributed by atoms with Crippen LogP contribution in [0, 0.1) is 5.41 Å². The summed E-state index contributed by atoms with van der Waals surface area (Å²) in [5.74, 6) is 0.0356. The maximum Gasteiger partial charge on any atom is 0.311 e. The van der Waals surface area contributed by atoms with Crippen LogP contribution >= 0.6 is 11.8 Å². The van der Waals surface area contributed by atoms with Crippen LogP contribution in [0.1, 0.15) is 47.5 Å². The first kappa shape index (κ1) is 15.3. The van der Waals surface area contributed by atoms with Gasteiger partial charge in [0.1, 0.15) is 0 Å². The number of hydrogen-bond acceptors (Lipinski definition) is 3. The molecular formula is C13H23NO3S. The van der Waals surface area contributed by atoms with Gasteiger partial charge in [0.25, 0.3) is 0 Å². The average molecular weight is 273 g/mol. The second kappa shape index (κ2) is 4.76. The molecule has 5 heteroatoms. The number of carbonyl (C=O) groups is 2. The molecule has 1 aliphatic rings. The van der Waals surface area contributed by atoms with Gasteiger partial charge in [0.2, 0.25) is 5.91 Å². The van der Waals surface area contributed by atoms with E-state index in [4.69, 9.17) is 0 Å². The zero-order valence-corrected chi connectivity index (χ0v) is 12.6. The van der Waals surface area contributed by atoms with Gasteiger partial charge in [0.15, 0.2) is 0 Å². The lowest BCUT2D eigenvalue weighted by molar-refractivity contribution is -0.152. The maximum absolute atomic E-state index is 12.3. The SMILES string of the molecule is CC1(C(=O)NC(C)(C)C(C)(C)C(=O)O)CCCS1. The molecule has 1 saturated heterocycles. The second-order valence-corrected chi connectivity index (χ2v) is 7.79. The van der Waals surface area contributed by atoms with Crippen LogP contribution in [0.25, 0.3) is 0 Å². The van der Waals surface area contributed by atoms with Gasteiger partial charge in [-0.1, -0.05) is 0 Å². The van der Waals surface area contributed by atoms with Gasteiger partial charge >= 0.3 is 5.97 Å². The zero-order valence-electron chi connectivity index (χ0n) is 11.8.